The highest BCUT2D eigenvalue weighted by atomic mass is 15.1. The number of anilines is 1. The Hall–Kier alpha value is -1.53. The van der Waals surface area contributed by atoms with E-state index >= 15 is 0 Å². The molecule has 0 aliphatic heterocycles. The Balaban J connectivity index is 2.70. The molecule has 0 aromatic heterocycles. The van der Waals surface area contributed by atoms with E-state index in [0.29, 0.717) is 12.1 Å². The van der Waals surface area contributed by atoms with Crippen molar-refractivity contribution in [2.45, 2.75) is 13.3 Å². The standard InChI is InChI=1S/C12H17N3/c1-2-15(9-3-8-13)12-6-4-11(10-14)5-7-12/h4-7H,2-3,8-9,13H2,1H3. The van der Waals surface area contributed by atoms with Gasteiger partial charge in [0.1, 0.15) is 0 Å². The van der Waals surface area contributed by atoms with E-state index in [4.69, 9.17) is 11.0 Å². The third-order valence-corrected chi connectivity index (χ3v) is 2.38. The van der Waals surface area contributed by atoms with Crippen LogP contribution >= 0.6 is 0 Å². The predicted octanol–water partition coefficient (Wildman–Crippen LogP) is 1.73. The van der Waals surface area contributed by atoms with Crippen molar-refractivity contribution in [1.29, 1.82) is 5.26 Å². The van der Waals surface area contributed by atoms with Crippen LogP contribution in [0.25, 0.3) is 0 Å². The lowest BCUT2D eigenvalue weighted by Gasteiger charge is -2.22. The molecule has 1 rings (SSSR count). The van der Waals surface area contributed by atoms with Crippen LogP contribution in [0.4, 0.5) is 5.69 Å². The molecule has 15 heavy (non-hydrogen) atoms. The van der Waals surface area contributed by atoms with Gasteiger partial charge in [0.15, 0.2) is 0 Å². The summed E-state index contributed by atoms with van der Waals surface area (Å²) in [5.74, 6) is 0. The molecule has 0 spiro atoms. The first-order valence-corrected chi connectivity index (χ1v) is 5.27. The van der Waals surface area contributed by atoms with Gasteiger partial charge in [0.05, 0.1) is 11.6 Å². The second-order valence-corrected chi connectivity index (χ2v) is 3.38. The van der Waals surface area contributed by atoms with Crippen molar-refractivity contribution in [1.82, 2.24) is 0 Å². The van der Waals surface area contributed by atoms with Crippen molar-refractivity contribution in [3.8, 4) is 6.07 Å². The van der Waals surface area contributed by atoms with Gasteiger partial charge in [-0.15, -0.1) is 0 Å². The van der Waals surface area contributed by atoms with Crippen LogP contribution in [-0.4, -0.2) is 19.6 Å². The second kappa shape index (κ2) is 6.05. The van der Waals surface area contributed by atoms with Gasteiger partial charge >= 0.3 is 0 Å². The first-order valence-electron chi connectivity index (χ1n) is 5.27. The number of nitriles is 1. The molecule has 2 N–H and O–H groups in total. The molecule has 3 heteroatoms. The molecule has 0 radical (unpaired) electrons. The molecule has 0 atom stereocenters. The largest absolute Gasteiger partial charge is 0.372 e. The first-order chi connectivity index (χ1) is 7.31. The number of rotatable bonds is 5. The average molecular weight is 203 g/mol. The van der Waals surface area contributed by atoms with Crippen LogP contribution < -0.4 is 10.6 Å². The summed E-state index contributed by atoms with van der Waals surface area (Å²) in [5, 5.41) is 8.69. The quantitative estimate of drug-likeness (QED) is 0.793. The maximum absolute atomic E-state index is 8.69. The summed E-state index contributed by atoms with van der Waals surface area (Å²) in [6.45, 7) is 4.77. The van der Waals surface area contributed by atoms with Crippen LogP contribution in [0.2, 0.25) is 0 Å². The van der Waals surface area contributed by atoms with Crippen molar-refractivity contribution < 1.29 is 0 Å². The highest BCUT2D eigenvalue weighted by Gasteiger charge is 2.02. The van der Waals surface area contributed by atoms with Gasteiger partial charge in [-0.25, -0.2) is 0 Å². The van der Waals surface area contributed by atoms with Gasteiger partial charge in [0.2, 0.25) is 0 Å². The van der Waals surface area contributed by atoms with Gasteiger partial charge in [-0.2, -0.15) is 5.26 Å². The SMILES string of the molecule is CCN(CCCN)c1ccc(C#N)cc1. The summed E-state index contributed by atoms with van der Waals surface area (Å²) in [6.07, 6.45) is 0.994. The van der Waals surface area contributed by atoms with E-state index in [1.165, 1.54) is 0 Å². The van der Waals surface area contributed by atoms with E-state index < -0.39 is 0 Å². The zero-order chi connectivity index (χ0) is 11.1. The Kier molecular flexibility index (Phi) is 4.65. The monoisotopic (exact) mass is 203 g/mol. The van der Waals surface area contributed by atoms with Gasteiger partial charge < -0.3 is 10.6 Å². The van der Waals surface area contributed by atoms with Crippen molar-refractivity contribution in [3.05, 3.63) is 29.8 Å². The minimum atomic E-state index is 0.702. The summed E-state index contributed by atoms with van der Waals surface area (Å²) in [4.78, 5) is 2.26. The summed E-state index contributed by atoms with van der Waals surface area (Å²) in [6, 6.07) is 9.78. The molecule has 0 fully saturated rings. The number of benzene rings is 1. The van der Waals surface area contributed by atoms with Crippen molar-refractivity contribution in [2.75, 3.05) is 24.5 Å². The van der Waals surface area contributed by atoms with Crippen LogP contribution in [0.5, 0.6) is 0 Å². The Bertz CT molecular complexity index is 324. The summed E-state index contributed by atoms with van der Waals surface area (Å²) in [5.41, 5.74) is 7.35. The van der Waals surface area contributed by atoms with Crippen LogP contribution in [0.3, 0.4) is 0 Å². The minimum absolute atomic E-state index is 0.702. The molecule has 80 valence electrons. The first kappa shape index (κ1) is 11.5. The number of nitrogens with two attached hydrogens (primary N) is 1. The van der Waals surface area contributed by atoms with E-state index in [2.05, 4.69) is 17.9 Å². The number of nitrogens with zero attached hydrogens (tertiary/aromatic N) is 2. The van der Waals surface area contributed by atoms with E-state index in [1.807, 2.05) is 24.3 Å². The van der Waals surface area contributed by atoms with Gasteiger partial charge in [-0.1, -0.05) is 0 Å². The van der Waals surface area contributed by atoms with Crippen molar-refractivity contribution >= 4 is 5.69 Å². The Morgan fingerprint density at radius 2 is 2.00 bits per heavy atom. The molecule has 0 unspecified atom stereocenters. The molecule has 3 nitrogen and oxygen atoms in total. The van der Waals surface area contributed by atoms with E-state index in [9.17, 15) is 0 Å². The highest BCUT2D eigenvalue weighted by molar-refractivity contribution is 5.49. The van der Waals surface area contributed by atoms with Crippen molar-refractivity contribution in [2.24, 2.45) is 5.73 Å². The van der Waals surface area contributed by atoms with Gasteiger partial charge in [0.25, 0.3) is 0 Å². The summed E-state index contributed by atoms with van der Waals surface area (Å²) < 4.78 is 0. The zero-order valence-electron chi connectivity index (χ0n) is 9.11. The molecule has 0 heterocycles. The van der Waals surface area contributed by atoms with Gasteiger partial charge in [0, 0.05) is 18.8 Å². The molecule has 0 aliphatic rings. The molecular weight excluding hydrogens is 186 g/mol. The number of hydrogen-bond donors (Lipinski definition) is 1. The molecular formula is C12H17N3. The maximum Gasteiger partial charge on any atom is 0.0991 e. The molecule has 0 aliphatic carbocycles. The van der Waals surface area contributed by atoms with Crippen molar-refractivity contribution in [3.63, 3.8) is 0 Å². The average Bonchev–Trinajstić information content (AvgIpc) is 2.31. The topological polar surface area (TPSA) is 53.0 Å². The zero-order valence-corrected chi connectivity index (χ0v) is 9.11. The van der Waals surface area contributed by atoms with E-state index in [0.717, 1.165) is 25.2 Å². The fourth-order valence-electron chi connectivity index (χ4n) is 1.50. The van der Waals surface area contributed by atoms with Crippen LogP contribution in [0.1, 0.15) is 18.9 Å². The van der Waals surface area contributed by atoms with E-state index in [1.54, 1.807) is 0 Å². The molecule has 1 aromatic carbocycles. The van der Waals surface area contributed by atoms with Crippen LogP contribution in [0.15, 0.2) is 24.3 Å². The fourth-order valence-corrected chi connectivity index (χ4v) is 1.50. The third-order valence-electron chi connectivity index (χ3n) is 2.38. The molecule has 0 amide bonds. The normalized spacial score (nSPS) is 9.67. The predicted molar refractivity (Wildman–Crippen MR) is 62.7 cm³/mol. The second-order valence-electron chi connectivity index (χ2n) is 3.38. The Morgan fingerprint density at radius 1 is 1.33 bits per heavy atom. The summed E-state index contributed by atoms with van der Waals surface area (Å²) >= 11 is 0. The molecule has 0 bridgehead atoms. The maximum atomic E-state index is 8.69. The van der Waals surface area contributed by atoms with E-state index in [-0.39, 0.29) is 0 Å². The van der Waals surface area contributed by atoms with Gasteiger partial charge in [-0.05, 0) is 44.2 Å². The fraction of sp³-hybridized carbons (Fsp3) is 0.417. The highest BCUT2D eigenvalue weighted by Crippen LogP contribution is 2.14. The molecule has 1 aromatic rings. The Labute approximate surface area is 91.1 Å². The van der Waals surface area contributed by atoms with Crippen LogP contribution in [0, 0.1) is 11.3 Å². The Morgan fingerprint density at radius 3 is 2.47 bits per heavy atom. The number of hydrogen-bond acceptors (Lipinski definition) is 3. The minimum Gasteiger partial charge on any atom is -0.372 e. The van der Waals surface area contributed by atoms with Gasteiger partial charge in [-0.3, -0.25) is 0 Å². The van der Waals surface area contributed by atoms with Crippen LogP contribution in [-0.2, 0) is 0 Å². The lowest BCUT2D eigenvalue weighted by molar-refractivity contribution is 0.754. The lowest BCUT2D eigenvalue weighted by atomic mass is 10.2. The molecule has 0 saturated carbocycles. The molecule has 0 saturated heterocycles. The summed E-state index contributed by atoms with van der Waals surface area (Å²) in [7, 11) is 0. The third kappa shape index (κ3) is 3.26. The smallest absolute Gasteiger partial charge is 0.0991 e. The lowest BCUT2D eigenvalue weighted by Crippen LogP contribution is -2.25.